The maximum atomic E-state index is 12.0. The molecule has 0 atom stereocenters. The van der Waals surface area contributed by atoms with Crippen molar-refractivity contribution in [3.63, 3.8) is 0 Å². The van der Waals surface area contributed by atoms with Gasteiger partial charge in [0.05, 0.1) is 12.1 Å². The predicted octanol–water partition coefficient (Wildman–Crippen LogP) is 5.04. The number of thiazole rings is 1. The highest BCUT2D eigenvalue weighted by Crippen LogP contribution is 2.26. The van der Waals surface area contributed by atoms with E-state index in [1.165, 1.54) is 0 Å². The Hall–Kier alpha value is -1.40. The highest BCUT2D eigenvalue weighted by atomic mass is 35.5. The maximum absolute atomic E-state index is 12.0. The van der Waals surface area contributed by atoms with Crippen LogP contribution in [0.2, 0.25) is 10.0 Å². The SMILES string of the molecule is O=C(Cc1csc(-c2ccsc2)n1)NCc1ccc(Cl)cc1Cl. The molecule has 0 aliphatic rings. The lowest BCUT2D eigenvalue weighted by molar-refractivity contribution is -0.120. The zero-order chi connectivity index (χ0) is 16.2. The lowest BCUT2D eigenvalue weighted by atomic mass is 10.2. The lowest BCUT2D eigenvalue weighted by Gasteiger charge is -2.06. The number of halogens is 2. The minimum atomic E-state index is -0.0850. The van der Waals surface area contributed by atoms with Crippen LogP contribution in [0.4, 0.5) is 0 Å². The first-order valence-electron chi connectivity index (χ1n) is 6.79. The molecule has 2 heterocycles. The van der Waals surface area contributed by atoms with Crippen LogP contribution in [0.15, 0.2) is 40.4 Å². The highest BCUT2D eigenvalue weighted by molar-refractivity contribution is 7.14. The van der Waals surface area contributed by atoms with Gasteiger partial charge in [-0.3, -0.25) is 4.79 Å². The molecule has 3 aromatic rings. The molecule has 0 aliphatic heterocycles. The fourth-order valence-corrected chi connectivity index (χ4v) is 4.00. The molecule has 0 unspecified atom stereocenters. The highest BCUT2D eigenvalue weighted by Gasteiger charge is 2.10. The number of hydrogen-bond donors (Lipinski definition) is 1. The number of benzene rings is 1. The molecule has 0 aliphatic carbocycles. The van der Waals surface area contributed by atoms with Crippen LogP contribution in [0.1, 0.15) is 11.3 Å². The number of aromatic nitrogens is 1. The molecule has 2 aromatic heterocycles. The first-order chi connectivity index (χ1) is 11.1. The molecule has 3 rings (SSSR count). The molecule has 0 spiro atoms. The number of thiophene rings is 1. The number of carbonyl (C=O) groups excluding carboxylic acids is 1. The molecule has 118 valence electrons. The van der Waals surface area contributed by atoms with Crippen molar-refractivity contribution in [3.05, 3.63) is 61.7 Å². The largest absolute Gasteiger partial charge is 0.352 e. The summed E-state index contributed by atoms with van der Waals surface area (Å²) in [4.78, 5) is 16.5. The second-order valence-electron chi connectivity index (χ2n) is 4.85. The van der Waals surface area contributed by atoms with Crippen molar-refractivity contribution in [2.24, 2.45) is 0 Å². The van der Waals surface area contributed by atoms with Crippen molar-refractivity contribution < 1.29 is 4.79 Å². The van der Waals surface area contributed by atoms with E-state index in [0.29, 0.717) is 16.6 Å². The fraction of sp³-hybridized carbons (Fsp3) is 0.125. The van der Waals surface area contributed by atoms with Gasteiger partial charge in [-0.1, -0.05) is 29.3 Å². The van der Waals surface area contributed by atoms with E-state index in [4.69, 9.17) is 23.2 Å². The number of carbonyl (C=O) groups is 1. The minimum Gasteiger partial charge on any atom is -0.352 e. The van der Waals surface area contributed by atoms with E-state index in [-0.39, 0.29) is 12.3 Å². The van der Waals surface area contributed by atoms with Crippen molar-refractivity contribution in [2.75, 3.05) is 0 Å². The van der Waals surface area contributed by atoms with Crippen LogP contribution in [-0.4, -0.2) is 10.9 Å². The standard InChI is InChI=1S/C16H12Cl2N2OS2/c17-12-2-1-10(14(18)5-12)7-19-15(21)6-13-9-23-16(20-13)11-3-4-22-8-11/h1-5,8-9H,6-7H2,(H,19,21). The number of hydrogen-bond acceptors (Lipinski definition) is 4. The van der Waals surface area contributed by atoms with E-state index in [1.54, 1.807) is 34.8 Å². The first kappa shape index (κ1) is 16.5. The molecule has 23 heavy (non-hydrogen) atoms. The van der Waals surface area contributed by atoms with Gasteiger partial charge in [-0.2, -0.15) is 11.3 Å². The topological polar surface area (TPSA) is 42.0 Å². The number of rotatable bonds is 5. The van der Waals surface area contributed by atoms with Gasteiger partial charge in [0.15, 0.2) is 0 Å². The van der Waals surface area contributed by atoms with E-state index in [1.807, 2.05) is 28.3 Å². The van der Waals surface area contributed by atoms with E-state index < -0.39 is 0 Å². The molecular weight excluding hydrogens is 371 g/mol. The molecule has 0 bridgehead atoms. The summed E-state index contributed by atoms with van der Waals surface area (Å²) in [6, 6.07) is 7.25. The smallest absolute Gasteiger partial charge is 0.226 e. The Balaban J connectivity index is 1.57. The van der Waals surface area contributed by atoms with E-state index in [0.717, 1.165) is 21.8 Å². The van der Waals surface area contributed by atoms with Crippen molar-refractivity contribution in [2.45, 2.75) is 13.0 Å². The maximum Gasteiger partial charge on any atom is 0.226 e. The monoisotopic (exact) mass is 382 g/mol. The van der Waals surface area contributed by atoms with Crippen molar-refractivity contribution in [1.82, 2.24) is 10.3 Å². The molecule has 1 amide bonds. The van der Waals surface area contributed by atoms with Crippen LogP contribution >= 0.6 is 45.9 Å². The third kappa shape index (κ3) is 4.32. The van der Waals surface area contributed by atoms with Crippen LogP contribution in [0.25, 0.3) is 10.6 Å². The Morgan fingerprint density at radius 1 is 1.22 bits per heavy atom. The Bertz CT molecular complexity index is 815. The molecule has 3 nitrogen and oxygen atoms in total. The van der Waals surface area contributed by atoms with Crippen molar-refractivity contribution in [1.29, 1.82) is 0 Å². The lowest BCUT2D eigenvalue weighted by Crippen LogP contribution is -2.24. The van der Waals surface area contributed by atoms with Crippen LogP contribution in [-0.2, 0) is 17.8 Å². The van der Waals surface area contributed by atoms with Gasteiger partial charge in [0.1, 0.15) is 5.01 Å². The summed E-state index contributed by atoms with van der Waals surface area (Å²) >= 11 is 15.1. The summed E-state index contributed by atoms with van der Waals surface area (Å²) in [5.74, 6) is -0.0850. The van der Waals surface area contributed by atoms with Gasteiger partial charge >= 0.3 is 0 Å². The molecule has 1 aromatic carbocycles. The summed E-state index contributed by atoms with van der Waals surface area (Å²) in [5, 5.41) is 10.9. The van der Waals surface area contributed by atoms with Gasteiger partial charge in [-0.05, 0) is 29.1 Å². The Morgan fingerprint density at radius 2 is 2.09 bits per heavy atom. The van der Waals surface area contributed by atoms with E-state index in [2.05, 4.69) is 10.3 Å². The van der Waals surface area contributed by atoms with Crippen LogP contribution < -0.4 is 5.32 Å². The molecule has 0 saturated heterocycles. The molecule has 0 saturated carbocycles. The zero-order valence-corrected chi connectivity index (χ0v) is 15.0. The summed E-state index contributed by atoms with van der Waals surface area (Å²) in [5.41, 5.74) is 2.71. The summed E-state index contributed by atoms with van der Waals surface area (Å²) < 4.78 is 0. The second kappa shape index (κ2) is 7.45. The first-order valence-corrected chi connectivity index (χ1v) is 9.37. The Kier molecular flexibility index (Phi) is 5.33. The van der Waals surface area contributed by atoms with E-state index in [9.17, 15) is 4.79 Å². The van der Waals surface area contributed by atoms with Gasteiger partial charge in [-0.25, -0.2) is 4.98 Å². The second-order valence-corrected chi connectivity index (χ2v) is 7.33. The van der Waals surface area contributed by atoms with Crippen LogP contribution in [0.3, 0.4) is 0 Å². The molecular formula is C16H12Cl2N2OS2. The Labute approximate surface area is 151 Å². The van der Waals surface area contributed by atoms with Crippen molar-refractivity contribution in [3.8, 4) is 10.6 Å². The molecule has 7 heteroatoms. The average molecular weight is 383 g/mol. The van der Waals surface area contributed by atoms with Gasteiger partial charge in [0.25, 0.3) is 0 Å². The number of nitrogens with zero attached hydrogens (tertiary/aromatic N) is 1. The van der Waals surface area contributed by atoms with Gasteiger partial charge in [-0.15, -0.1) is 11.3 Å². The number of amides is 1. The summed E-state index contributed by atoms with van der Waals surface area (Å²) in [6.07, 6.45) is 0.256. The van der Waals surface area contributed by atoms with Gasteiger partial charge in [0.2, 0.25) is 5.91 Å². The zero-order valence-electron chi connectivity index (χ0n) is 11.9. The summed E-state index contributed by atoms with van der Waals surface area (Å²) in [6.45, 7) is 0.371. The van der Waals surface area contributed by atoms with Crippen molar-refractivity contribution >= 4 is 51.8 Å². The third-order valence-corrected chi connectivity index (χ3v) is 5.36. The predicted molar refractivity (Wildman–Crippen MR) is 97.4 cm³/mol. The molecule has 0 fully saturated rings. The third-order valence-electron chi connectivity index (χ3n) is 3.15. The molecule has 0 radical (unpaired) electrons. The normalized spacial score (nSPS) is 10.7. The quantitative estimate of drug-likeness (QED) is 0.671. The summed E-state index contributed by atoms with van der Waals surface area (Å²) in [7, 11) is 0. The van der Waals surface area contributed by atoms with Crippen LogP contribution in [0, 0.1) is 0 Å². The van der Waals surface area contributed by atoms with Gasteiger partial charge in [0, 0.05) is 32.9 Å². The Morgan fingerprint density at radius 3 is 2.83 bits per heavy atom. The molecule has 1 N–H and O–H groups in total. The van der Waals surface area contributed by atoms with E-state index >= 15 is 0 Å². The average Bonchev–Trinajstić information content (AvgIpc) is 3.17. The van der Waals surface area contributed by atoms with Gasteiger partial charge < -0.3 is 5.32 Å². The fourth-order valence-electron chi connectivity index (χ4n) is 1.99. The number of nitrogens with one attached hydrogen (secondary N) is 1. The minimum absolute atomic E-state index is 0.0850. The van der Waals surface area contributed by atoms with Crippen LogP contribution in [0.5, 0.6) is 0 Å².